The maximum Gasteiger partial charge on any atom is 0.416 e. The van der Waals surface area contributed by atoms with Crippen molar-refractivity contribution < 1.29 is 18.0 Å². The molecule has 3 rings (SSSR count). The van der Waals surface area contributed by atoms with Crippen molar-refractivity contribution in [2.24, 2.45) is 5.92 Å². The molecule has 1 aromatic heterocycles. The molecule has 1 aliphatic carbocycles. The van der Waals surface area contributed by atoms with Gasteiger partial charge in [-0.25, -0.2) is 0 Å². The minimum Gasteiger partial charge on any atom is -0.333 e. The monoisotopic (exact) mass is 435 g/mol. The van der Waals surface area contributed by atoms with Gasteiger partial charge in [0.2, 0.25) is 5.91 Å². The first-order valence-corrected chi connectivity index (χ1v) is 11.0. The lowest BCUT2D eigenvalue weighted by molar-refractivity contribution is -0.137. The van der Waals surface area contributed by atoms with Gasteiger partial charge in [0.1, 0.15) is 0 Å². The summed E-state index contributed by atoms with van der Waals surface area (Å²) in [5.41, 5.74) is 2.96. The molecule has 1 amide bonds. The van der Waals surface area contributed by atoms with Crippen LogP contribution in [0, 0.1) is 19.8 Å². The third-order valence-electron chi connectivity index (χ3n) is 6.00. The Morgan fingerprint density at radius 1 is 1.23 bits per heavy atom. The summed E-state index contributed by atoms with van der Waals surface area (Å²) in [5.74, 6) is 0.467. The highest BCUT2D eigenvalue weighted by atomic mass is 19.4. The van der Waals surface area contributed by atoms with Crippen molar-refractivity contribution >= 4 is 5.91 Å². The number of aryl methyl sites for hydroxylation is 1. The lowest BCUT2D eigenvalue weighted by Crippen LogP contribution is -2.35. The molecule has 31 heavy (non-hydrogen) atoms. The van der Waals surface area contributed by atoms with Crippen LogP contribution in [0.5, 0.6) is 0 Å². The molecule has 1 unspecified atom stereocenters. The topological polar surface area (TPSA) is 38.1 Å². The Hall–Kier alpha value is -2.31. The molecule has 0 saturated heterocycles. The van der Waals surface area contributed by atoms with Gasteiger partial charge in [-0.2, -0.15) is 18.3 Å². The van der Waals surface area contributed by atoms with E-state index in [1.807, 2.05) is 25.5 Å². The Kier molecular flexibility index (Phi) is 6.82. The van der Waals surface area contributed by atoms with Crippen LogP contribution in [-0.2, 0) is 23.9 Å². The molecule has 7 heteroatoms. The number of amides is 1. The molecule has 170 valence electrons. The highest BCUT2D eigenvalue weighted by molar-refractivity contribution is 5.77. The molecule has 0 N–H and O–H groups in total. The maximum atomic E-state index is 13.2. The zero-order valence-electron chi connectivity index (χ0n) is 19.0. The first-order chi connectivity index (χ1) is 14.5. The van der Waals surface area contributed by atoms with Crippen molar-refractivity contribution in [1.29, 1.82) is 0 Å². The standard InChI is InChI=1S/C24H32F3N3O/c1-15(2)14-29-18(5)22(16(3)28-29)11-12-23(31)30(21-9-10-21)17(4)19-7-6-8-20(13-19)24(25,26)27/h6-8,13,15,17,21H,9-12,14H2,1-5H3. The fourth-order valence-corrected chi connectivity index (χ4v) is 4.20. The van der Waals surface area contributed by atoms with Gasteiger partial charge in [0, 0.05) is 24.7 Å². The number of halogens is 3. The first kappa shape index (κ1) is 23.4. The number of carbonyl (C=O) groups is 1. The summed E-state index contributed by atoms with van der Waals surface area (Å²) in [5, 5.41) is 4.62. The van der Waals surface area contributed by atoms with Crippen LogP contribution in [-0.4, -0.2) is 26.6 Å². The molecule has 1 aliphatic rings. The van der Waals surface area contributed by atoms with Gasteiger partial charge in [-0.15, -0.1) is 0 Å². The van der Waals surface area contributed by atoms with E-state index in [4.69, 9.17) is 0 Å². The fraction of sp³-hybridized carbons (Fsp3) is 0.583. The van der Waals surface area contributed by atoms with Crippen LogP contribution in [0.1, 0.15) is 74.2 Å². The molecule has 1 fully saturated rings. The summed E-state index contributed by atoms with van der Waals surface area (Å²) in [7, 11) is 0. The van der Waals surface area contributed by atoms with Crippen LogP contribution in [0.15, 0.2) is 24.3 Å². The van der Waals surface area contributed by atoms with E-state index in [9.17, 15) is 18.0 Å². The van der Waals surface area contributed by atoms with E-state index < -0.39 is 17.8 Å². The smallest absolute Gasteiger partial charge is 0.333 e. The minimum absolute atomic E-state index is 0.0113. The zero-order valence-corrected chi connectivity index (χ0v) is 19.0. The summed E-state index contributed by atoms with van der Waals surface area (Å²) < 4.78 is 41.4. The van der Waals surface area contributed by atoms with Crippen molar-refractivity contribution in [2.75, 3.05) is 0 Å². The zero-order chi connectivity index (χ0) is 22.9. The summed E-state index contributed by atoms with van der Waals surface area (Å²) in [6, 6.07) is 5.04. The van der Waals surface area contributed by atoms with Crippen LogP contribution < -0.4 is 0 Å². The van der Waals surface area contributed by atoms with Gasteiger partial charge in [0.25, 0.3) is 0 Å². The van der Waals surface area contributed by atoms with Crippen molar-refractivity contribution in [3.8, 4) is 0 Å². The highest BCUT2D eigenvalue weighted by Crippen LogP contribution is 2.37. The van der Waals surface area contributed by atoms with Crippen molar-refractivity contribution in [2.45, 2.75) is 85.1 Å². The molecular weight excluding hydrogens is 403 g/mol. The van der Waals surface area contributed by atoms with E-state index in [0.29, 0.717) is 24.3 Å². The average molecular weight is 436 g/mol. The lowest BCUT2D eigenvalue weighted by atomic mass is 10.0. The fourth-order valence-electron chi connectivity index (χ4n) is 4.20. The van der Waals surface area contributed by atoms with Gasteiger partial charge in [0.05, 0.1) is 17.3 Å². The predicted octanol–water partition coefficient (Wildman–Crippen LogP) is 5.86. The summed E-state index contributed by atoms with van der Waals surface area (Å²) >= 11 is 0. The number of hydrogen-bond acceptors (Lipinski definition) is 2. The van der Waals surface area contributed by atoms with E-state index >= 15 is 0 Å². The Morgan fingerprint density at radius 3 is 2.48 bits per heavy atom. The van der Waals surface area contributed by atoms with Gasteiger partial charge in [-0.3, -0.25) is 9.48 Å². The van der Waals surface area contributed by atoms with E-state index in [1.165, 1.54) is 6.07 Å². The maximum absolute atomic E-state index is 13.2. The van der Waals surface area contributed by atoms with E-state index in [0.717, 1.165) is 48.5 Å². The van der Waals surface area contributed by atoms with Crippen molar-refractivity contribution in [3.05, 3.63) is 52.3 Å². The second-order valence-corrected chi connectivity index (χ2v) is 9.06. The first-order valence-electron chi connectivity index (χ1n) is 11.0. The molecule has 1 saturated carbocycles. The average Bonchev–Trinajstić information content (AvgIpc) is 3.47. The van der Waals surface area contributed by atoms with Gasteiger partial charge in [-0.05, 0) is 69.2 Å². The molecule has 0 aliphatic heterocycles. The van der Waals surface area contributed by atoms with E-state index in [2.05, 4.69) is 18.9 Å². The normalized spacial score (nSPS) is 15.4. The Labute approximate surface area is 182 Å². The van der Waals surface area contributed by atoms with E-state index in [1.54, 1.807) is 11.0 Å². The van der Waals surface area contributed by atoms with Crippen LogP contribution >= 0.6 is 0 Å². The van der Waals surface area contributed by atoms with Gasteiger partial charge >= 0.3 is 6.18 Å². The minimum atomic E-state index is -4.39. The number of benzene rings is 1. The quantitative estimate of drug-likeness (QED) is 0.521. The van der Waals surface area contributed by atoms with Crippen LogP contribution in [0.2, 0.25) is 0 Å². The van der Waals surface area contributed by atoms with Gasteiger partial charge in [0.15, 0.2) is 0 Å². The molecule has 0 bridgehead atoms. The summed E-state index contributed by atoms with van der Waals surface area (Å²) in [4.78, 5) is 15.0. The Balaban J connectivity index is 1.75. The third-order valence-corrected chi connectivity index (χ3v) is 6.00. The molecule has 2 aromatic rings. The van der Waals surface area contributed by atoms with E-state index in [-0.39, 0.29) is 11.9 Å². The number of rotatable bonds is 8. The molecule has 1 atom stereocenters. The van der Waals surface area contributed by atoms with Crippen LogP contribution in [0.3, 0.4) is 0 Å². The highest BCUT2D eigenvalue weighted by Gasteiger charge is 2.37. The third kappa shape index (κ3) is 5.49. The van der Waals surface area contributed by atoms with Crippen LogP contribution in [0.4, 0.5) is 13.2 Å². The van der Waals surface area contributed by atoms with Crippen molar-refractivity contribution in [3.63, 3.8) is 0 Å². The molecule has 1 aromatic carbocycles. The molecule has 0 radical (unpaired) electrons. The number of aromatic nitrogens is 2. The number of alkyl halides is 3. The van der Waals surface area contributed by atoms with Crippen molar-refractivity contribution in [1.82, 2.24) is 14.7 Å². The molecular formula is C24H32F3N3O. The number of hydrogen-bond donors (Lipinski definition) is 0. The largest absolute Gasteiger partial charge is 0.416 e. The lowest BCUT2D eigenvalue weighted by Gasteiger charge is -2.30. The second kappa shape index (κ2) is 9.05. The number of carbonyl (C=O) groups excluding carboxylic acids is 1. The number of nitrogens with zero attached hydrogens (tertiary/aromatic N) is 3. The van der Waals surface area contributed by atoms with Crippen LogP contribution in [0.25, 0.3) is 0 Å². The second-order valence-electron chi connectivity index (χ2n) is 9.06. The molecule has 0 spiro atoms. The Morgan fingerprint density at radius 2 is 1.90 bits per heavy atom. The molecule has 4 nitrogen and oxygen atoms in total. The summed E-state index contributed by atoms with van der Waals surface area (Å²) in [6.45, 7) is 10.9. The van der Waals surface area contributed by atoms with Gasteiger partial charge < -0.3 is 4.90 Å². The van der Waals surface area contributed by atoms with Gasteiger partial charge in [-0.1, -0.05) is 26.0 Å². The summed E-state index contributed by atoms with van der Waals surface area (Å²) in [6.07, 6.45) is -1.67. The molecule has 1 heterocycles. The predicted molar refractivity (Wildman–Crippen MR) is 115 cm³/mol. The Bertz CT molecular complexity index is 929. The SMILES string of the molecule is Cc1nn(CC(C)C)c(C)c1CCC(=O)N(C1CC1)C(C)c1cccc(C(F)(F)F)c1.